The number of aromatic hydroxyl groups is 2. The predicted molar refractivity (Wildman–Crippen MR) is 114 cm³/mol. The Bertz CT molecular complexity index is 1190. The number of hydrogen-bond donors (Lipinski definition) is 3. The molecule has 0 aliphatic carbocycles. The number of hydrogen-bond acceptors (Lipinski definition) is 4. The van der Waals surface area contributed by atoms with Crippen molar-refractivity contribution in [3.05, 3.63) is 91.4 Å². The Labute approximate surface area is 186 Å². The summed E-state index contributed by atoms with van der Waals surface area (Å²) in [7, 11) is -5.08. The van der Waals surface area contributed by atoms with Gasteiger partial charge < -0.3 is 10.2 Å². The highest BCUT2D eigenvalue weighted by molar-refractivity contribution is 7.87. The lowest BCUT2D eigenvalue weighted by atomic mass is 9.83. The first kappa shape index (κ1) is 22.0. The molecule has 0 saturated carbocycles. The van der Waals surface area contributed by atoms with Crippen molar-refractivity contribution < 1.29 is 23.2 Å². The van der Waals surface area contributed by atoms with Crippen LogP contribution in [0.15, 0.2) is 54.6 Å². The van der Waals surface area contributed by atoms with Crippen LogP contribution in [0.3, 0.4) is 0 Å². The maximum absolute atomic E-state index is 12.9. The molecule has 0 aromatic heterocycles. The second-order valence-corrected chi connectivity index (χ2v) is 9.29. The zero-order chi connectivity index (χ0) is 21.6. The molecule has 5 nitrogen and oxygen atoms in total. The number of para-hydroxylation sites is 1. The van der Waals surface area contributed by atoms with E-state index in [0.717, 1.165) is 6.07 Å². The molecule has 0 aliphatic heterocycles. The minimum atomic E-state index is -5.08. The molecule has 152 valence electrons. The molecule has 0 amide bonds. The van der Waals surface area contributed by atoms with Crippen LogP contribution in [0.2, 0.25) is 20.1 Å². The largest absolute Gasteiger partial charge is 0.506 e. The van der Waals surface area contributed by atoms with Crippen LogP contribution in [0.1, 0.15) is 16.7 Å². The van der Waals surface area contributed by atoms with Crippen molar-refractivity contribution in [3.8, 4) is 11.5 Å². The van der Waals surface area contributed by atoms with Gasteiger partial charge in [-0.3, -0.25) is 4.55 Å². The molecule has 0 saturated heterocycles. The fourth-order valence-electron chi connectivity index (χ4n) is 3.20. The number of phenolic OH excluding ortho intramolecular Hbond substituents is 2. The van der Waals surface area contributed by atoms with E-state index >= 15 is 0 Å². The van der Waals surface area contributed by atoms with Crippen LogP contribution in [0.4, 0.5) is 0 Å². The summed E-state index contributed by atoms with van der Waals surface area (Å²) in [6.45, 7) is 0. The van der Waals surface area contributed by atoms with Gasteiger partial charge >= 0.3 is 0 Å². The lowest BCUT2D eigenvalue weighted by Gasteiger charge is -2.33. The van der Waals surface area contributed by atoms with Crippen LogP contribution >= 0.6 is 46.4 Å². The number of rotatable bonds is 4. The van der Waals surface area contributed by atoms with Crippen LogP contribution in [0, 0.1) is 0 Å². The topological polar surface area (TPSA) is 94.8 Å². The molecule has 0 radical (unpaired) electrons. The first-order chi connectivity index (χ1) is 13.5. The standard InChI is InChI=1S/C19H12Cl4O5S/c20-12-4-1-3-10(7-12)19(29(26,27)28,13-5-2-6-14(21)18(13)25)11-8-15(22)17(23)16(24)9-11/h1-9,24-25H,(H,26,27,28). The van der Waals surface area contributed by atoms with Crippen molar-refractivity contribution in [1.29, 1.82) is 0 Å². The average Bonchev–Trinajstić information content (AvgIpc) is 2.62. The molecule has 1 atom stereocenters. The predicted octanol–water partition coefficient (Wildman–Crippen LogP) is 5.89. The van der Waals surface area contributed by atoms with Gasteiger partial charge in [0.2, 0.25) is 0 Å². The Morgan fingerprint density at radius 1 is 0.793 bits per heavy atom. The molecule has 10 heteroatoms. The molecule has 3 aromatic carbocycles. The van der Waals surface area contributed by atoms with E-state index in [9.17, 15) is 23.2 Å². The highest BCUT2D eigenvalue weighted by atomic mass is 35.5. The number of benzene rings is 3. The molecule has 29 heavy (non-hydrogen) atoms. The molecule has 0 bridgehead atoms. The summed E-state index contributed by atoms with van der Waals surface area (Å²) < 4.78 is 33.9. The van der Waals surface area contributed by atoms with Gasteiger partial charge in [-0.05, 0) is 41.5 Å². The minimum absolute atomic E-state index is 0.0251. The van der Waals surface area contributed by atoms with Gasteiger partial charge in [0.25, 0.3) is 10.1 Å². The smallest absolute Gasteiger partial charge is 0.283 e. The summed E-state index contributed by atoms with van der Waals surface area (Å²) in [6, 6.07) is 11.9. The van der Waals surface area contributed by atoms with Gasteiger partial charge in [-0.25, -0.2) is 0 Å². The van der Waals surface area contributed by atoms with Crippen molar-refractivity contribution in [2.24, 2.45) is 0 Å². The Morgan fingerprint density at radius 2 is 1.45 bits per heavy atom. The number of phenols is 2. The lowest BCUT2D eigenvalue weighted by Crippen LogP contribution is -2.38. The zero-order valence-electron chi connectivity index (χ0n) is 14.3. The molecule has 3 aromatic rings. The van der Waals surface area contributed by atoms with Crippen molar-refractivity contribution in [3.63, 3.8) is 0 Å². The van der Waals surface area contributed by atoms with E-state index in [0.29, 0.717) is 0 Å². The Kier molecular flexibility index (Phi) is 5.98. The fraction of sp³-hybridized carbons (Fsp3) is 0.0526. The molecular weight excluding hydrogens is 482 g/mol. The van der Waals surface area contributed by atoms with Crippen molar-refractivity contribution >= 4 is 56.5 Å². The molecule has 1 unspecified atom stereocenters. The molecule has 3 rings (SSSR count). The van der Waals surface area contributed by atoms with Crippen LogP contribution in [0.5, 0.6) is 11.5 Å². The fourth-order valence-corrected chi connectivity index (χ4v) is 5.17. The van der Waals surface area contributed by atoms with Gasteiger partial charge in [0, 0.05) is 10.6 Å². The van der Waals surface area contributed by atoms with E-state index in [1.807, 2.05) is 0 Å². The van der Waals surface area contributed by atoms with E-state index in [2.05, 4.69) is 0 Å². The lowest BCUT2D eigenvalue weighted by molar-refractivity contribution is 0.439. The first-order valence-electron chi connectivity index (χ1n) is 7.89. The summed E-state index contributed by atoms with van der Waals surface area (Å²) in [5, 5.41) is 20.4. The average molecular weight is 494 g/mol. The van der Waals surface area contributed by atoms with Crippen molar-refractivity contribution in [1.82, 2.24) is 0 Å². The van der Waals surface area contributed by atoms with Gasteiger partial charge in [0.1, 0.15) is 16.5 Å². The second-order valence-electron chi connectivity index (χ2n) is 6.09. The van der Waals surface area contributed by atoms with Crippen molar-refractivity contribution in [2.75, 3.05) is 0 Å². The third-order valence-corrected chi connectivity index (χ3v) is 7.20. The molecule has 0 fully saturated rings. The van der Waals surface area contributed by atoms with Crippen LogP contribution in [-0.4, -0.2) is 23.2 Å². The minimum Gasteiger partial charge on any atom is -0.506 e. The zero-order valence-corrected chi connectivity index (χ0v) is 18.1. The molecule has 3 N–H and O–H groups in total. The summed E-state index contributed by atoms with van der Waals surface area (Å²) in [5.74, 6) is -1.11. The quantitative estimate of drug-likeness (QED) is 0.311. The third-order valence-electron chi connectivity index (χ3n) is 4.40. The van der Waals surface area contributed by atoms with Crippen molar-refractivity contribution in [2.45, 2.75) is 4.75 Å². The highest BCUT2D eigenvalue weighted by Crippen LogP contribution is 2.50. The van der Waals surface area contributed by atoms with E-state index in [1.54, 1.807) is 0 Å². The van der Waals surface area contributed by atoms with E-state index in [-0.39, 0.29) is 36.8 Å². The van der Waals surface area contributed by atoms with Gasteiger partial charge in [-0.2, -0.15) is 8.42 Å². The highest BCUT2D eigenvalue weighted by Gasteiger charge is 2.51. The molecular formula is C19H12Cl4O5S. The van der Waals surface area contributed by atoms with Crippen LogP contribution in [0.25, 0.3) is 0 Å². The summed E-state index contributed by atoms with van der Waals surface area (Å²) in [4.78, 5) is 0. The second kappa shape index (κ2) is 7.87. The van der Waals surface area contributed by atoms with Gasteiger partial charge in [0.05, 0.1) is 10.0 Å². The maximum Gasteiger partial charge on any atom is 0.283 e. The van der Waals surface area contributed by atoms with E-state index < -0.39 is 26.4 Å². The maximum atomic E-state index is 12.9. The third kappa shape index (κ3) is 3.65. The van der Waals surface area contributed by atoms with E-state index in [4.69, 9.17) is 46.4 Å². The molecule has 0 spiro atoms. The summed E-state index contributed by atoms with van der Waals surface area (Å²) in [6.07, 6.45) is 0. The monoisotopic (exact) mass is 492 g/mol. The first-order valence-corrected chi connectivity index (χ1v) is 10.8. The Hall–Kier alpha value is -1.67. The molecule has 0 heterocycles. The Morgan fingerprint density at radius 3 is 2.03 bits per heavy atom. The normalized spacial score (nSPS) is 13.8. The SMILES string of the molecule is O=S(=O)(O)C(c1cccc(Cl)c1)(c1cc(O)c(Cl)c(Cl)c1)c1cccc(Cl)c1O. The van der Waals surface area contributed by atoms with Gasteiger partial charge in [0.15, 0.2) is 4.75 Å². The van der Waals surface area contributed by atoms with E-state index in [1.165, 1.54) is 48.5 Å². The van der Waals surface area contributed by atoms with Gasteiger partial charge in [-0.1, -0.05) is 70.7 Å². The Balaban J connectivity index is 2.61. The summed E-state index contributed by atoms with van der Waals surface area (Å²) in [5.41, 5.74) is -0.484. The van der Waals surface area contributed by atoms with Gasteiger partial charge in [-0.15, -0.1) is 0 Å². The summed E-state index contributed by atoms with van der Waals surface area (Å²) >= 11 is 24.1. The van der Waals surface area contributed by atoms with Crippen LogP contribution < -0.4 is 0 Å². The van der Waals surface area contributed by atoms with Crippen LogP contribution in [-0.2, 0) is 14.9 Å². The molecule has 0 aliphatic rings. The number of halogens is 4.